The molecule has 2 atom stereocenters. The molecule has 0 fully saturated rings. The summed E-state index contributed by atoms with van der Waals surface area (Å²) >= 11 is 12.0. The Morgan fingerprint density at radius 2 is 1.82 bits per heavy atom. The molecule has 0 bridgehead atoms. The van der Waals surface area contributed by atoms with Crippen molar-refractivity contribution in [3.63, 3.8) is 0 Å². The highest BCUT2D eigenvalue weighted by Gasteiger charge is 2.31. The first-order valence-corrected chi connectivity index (χ1v) is 7.75. The maximum atomic E-state index is 6.20. The molecular formula is C15H19Cl2N3O2. The molecule has 2 heterocycles. The zero-order chi connectivity index (χ0) is 16.3. The first-order chi connectivity index (χ1) is 10.5. The van der Waals surface area contributed by atoms with Crippen LogP contribution in [0.3, 0.4) is 0 Å². The molecule has 0 spiro atoms. The first kappa shape index (κ1) is 17.0. The van der Waals surface area contributed by atoms with Crippen molar-refractivity contribution in [1.82, 2.24) is 4.98 Å². The van der Waals surface area contributed by atoms with Crippen LogP contribution in [0, 0.1) is 5.92 Å². The third-order valence-electron chi connectivity index (χ3n) is 3.45. The molecule has 0 aliphatic carbocycles. The van der Waals surface area contributed by atoms with Crippen LogP contribution in [0.5, 0.6) is 0 Å². The van der Waals surface area contributed by atoms with Crippen molar-refractivity contribution < 1.29 is 9.47 Å². The number of pyridine rings is 1. The van der Waals surface area contributed by atoms with Gasteiger partial charge >= 0.3 is 0 Å². The van der Waals surface area contributed by atoms with Gasteiger partial charge in [0.25, 0.3) is 0 Å². The van der Waals surface area contributed by atoms with Gasteiger partial charge in [-0.3, -0.25) is 0 Å². The van der Waals surface area contributed by atoms with Gasteiger partial charge in [-0.1, -0.05) is 37.0 Å². The molecule has 2 rings (SSSR count). The predicted molar refractivity (Wildman–Crippen MR) is 89.3 cm³/mol. The molecule has 5 nitrogen and oxygen atoms in total. The van der Waals surface area contributed by atoms with Gasteiger partial charge in [-0.25, -0.2) is 15.0 Å². The Hall–Kier alpha value is -1.33. The second kappa shape index (κ2) is 7.29. The van der Waals surface area contributed by atoms with E-state index in [0.717, 1.165) is 5.56 Å². The zero-order valence-corrected chi connectivity index (χ0v) is 14.5. The summed E-state index contributed by atoms with van der Waals surface area (Å²) in [6.45, 7) is 4.13. The lowest BCUT2D eigenvalue weighted by molar-refractivity contribution is 0.332. The number of rotatable bonds is 3. The van der Waals surface area contributed by atoms with E-state index in [0.29, 0.717) is 28.4 Å². The van der Waals surface area contributed by atoms with Crippen molar-refractivity contribution in [3.05, 3.63) is 28.0 Å². The van der Waals surface area contributed by atoms with Crippen molar-refractivity contribution >= 4 is 35.0 Å². The van der Waals surface area contributed by atoms with Crippen molar-refractivity contribution in [2.45, 2.75) is 32.4 Å². The van der Waals surface area contributed by atoms with Gasteiger partial charge in [-0.15, -0.1) is 0 Å². The lowest BCUT2D eigenvalue weighted by Gasteiger charge is -2.27. The Kier molecular flexibility index (Phi) is 5.64. The molecule has 7 heteroatoms. The van der Waals surface area contributed by atoms with E-state index < -0.39 is 0 Å². The van der Waals surface area contributed by atoms with Crippen LogP contribution < -0.4 is 0 Å². The van der Waals surface area contributed by atoms with Gasteiger partial charge < -0.3 is 9.47 Å². The smallest absolute Gasteiger partial charge is 0.209 e. The fourth-order valence-electron chi connectivity index (χ4n) is 2.29. The first-order valence-electron chi connectivity index (χ1n) is 6.99. The Morgan fingerprint density at radius 3 is 2.36 bits per heavy atom. The molecule has 0 N–H and O–H groups in total. The van der Waals surface area contributed by atoms with E-state index in [9.17, 15) is 0 Å². The van der Waals surface area contributed by atoms with Gasteiger partial charge in [0.05, 0.1) is 14.2 Å². The van der Waals surface area contributed by atoms with E-state index in [-0.39, 0.29) is 18.0 Å². The second-order valence-corrected chi connectivity index (χ2v) is 6.14. The third-order valence-corrected chi connectivity index (χ3v) is 4.01. The number of methoxy groups -OCH3 is 2. The Labute approximate surface area is 140 Å². The van der Waals surface area contributed by atoms with E-state index in [2.05, 4.69) is 28.8 Å². The molecule has 22 heavy (non-hydrogen) atoms. The van der Waals surface area contributed by atoms with Crippen molar-refractivity contribution in [2.24, 2.45) is 15.9 Å². The Balaban J connectivity index is 2.29. The van der Waals surface area contributed by atoms with Gasteiger partial charge in [-0.2, -0.15) is 0 Å². The summed E-state index contributed by atoms with van der Waals surface area (Å²) in [5, 5.41) is 0.912. The SMILES string of the molecule is COC1=N[C@@H](Cc2cnc(Cl)cc2Cl)C(OC)=NC1C(C)C. The lowest BCUT2D eigenvalue weighted by atomic mass is 10.0. The Morgan fingerprint density at radius 1 is 1.14 bits per heavy atom. The van der Waals surface area contributed by atoms with Crippen molar-refractivity contribution in [3.8, 4) is 0 Å². The highest BCUT2D eigenvalue weighted by molar-refractivity contribution is 6.34. The number of halogens is 2. The molecule has 0 radical (unpaired) electrons. The van der Waals surface area contributed by atoms with Crippen LogP contribution >= 0.6 is 23.2 Å². The largest absolute Gasteiger partial charge is 0.483 e. The van der Waals surface area contributed by atoms with Crippen LogP contribution in [0.2, 0.25) is 10.2 Å². The van der Waals surface area contributed by atoms with Crippen LogP contribution in [0.15, 0.2) is 22.2 Å². The van der Waals surface area contributed by atoms with Crippen LogP contribution in [-0.2, 0) is 15.9 Å². The van der Waals surface area contributed by atoms with E-state index in [1.165, 1.54) is 0 Å². The molecule has 1 aliphatic rings. The van der Waals surface area contributed by atoms with E-state index >= 15 is 0 Å². The maximum absolute atomic E-state index is 6.20. The van der Waals surface area contributed by atoms with Crippen molar-refractivity contribution in [2.75, 3.05) is 14.2 Å². The summed E-state index contributed by atoms with van der Waals surface area (Å²) in [5.74, 6) is 1.45. The molecule has 1 aliphatic heterocycles. The topological polar surface area (TPSA) is 56.1 Å². The molecule has 120 valence electrons. The van der Waals surface area contributed by atoms with Gasteiger partial charge in [0, 0.05) is 17.6 Å². The maximum Gasteiger partial charge on any atom is 0.209 e. The number of ether oxygens (including phenoxy) is 2. The Bertz CT molecular complexity index is 602. The summed E-state index contributed by atoms with van der Waals surface area (Å²) in [4.78, 5) is 13.3. The minimum absolute atomic E-state index is 0.130. The lowest BCUT2D eigenvalue weighted by Crippen LogP contribution is -2.38. The number of aliphatic imine (C=N–C) groups is 2. The number of hydrogen-bond donors (Lipinski definition) is 0. The van der Waals surface area contributed by atoms with E-state index in [1.54, 1.807) is 26.5 Å². The molecule has 1 unspecified atom stereocenters. The van der Waals surface area contributed by atoms with Crippen LogP contribution in [0.25, 0.3) is 0 Å². The summed E-state index contributed by atoms with van der Waals surface area (Å²) in [5.41, 5.74) is 0.836. The summed E-state index contributed by atoms with van der Waals surface area (Å²) in [6, 6.07) is 1.20. The number of nitrogens with zero attached hydrogens (tertiary/aromatic N) is 3. The molecule has 0 amide bonds. The van der Waals surface area contributed by atoms with Crippen LogP contribution in [0.4, 0.5) is 0 Å². The van der Waals surface area contributed by atoms with Crippen LogP contribution in [0.1, 0.15) is 19.4 Å². The molecular weight excluding hydrogens is 325 g/mol. The van der Waals surface area contributed by atoms with Gasteiger partial charge in [0.1, 0.15) is 17.2 Å². The molecule has 1 aromatic rings. The predicted octanol–water partition coefficient (Wildman–Crippen LogP) is 3.43. The van der Waals surface area contributed by atoms with Gasteiger partial charge in [0.2, 0.25) is 11.8 Å². The van der Waals surface area contributed by atoms with Crippen molar-refractivity contribution in [1.29, 1.82) is 0 Å². The normalized spacial score (nSPS) is 21.4. The molecule has 0 aromatic carbocycles. The molecule has 0 saturated carbocycles. The van der Waals surface area contributed by atoms with Gasteiger partial charge in [0.15, 0.2) is 0 Å². The average Bonchev–Trinajstić information content (AvgIpc) is 2.49. The third kappa shape index (κ3) is 3.70. The number of aromatic nitrogens is 1. The standard InChI is InChI=1S/C15H19Cl2N3O2/c1-8(2)13-15(22-4)19-11(14(20-13)21-3)5-9-7-18-12(17)6-10(9)16/h6-8,11,13H,5H2,1-4H3/t11-,13?/m0/s1. The molecule has 0 saturated heterocycles. The summed E-state index contributed by atoms with van der Waals surface area (Å²) in [6.07, 6.45) is 2.17. The minimum atomic E-state index is -0.282. The quantitative estimate of drug-likeness (QED) is 0.790. The monoisotopic (exact) mass is 343 g/mol. The summed E-state index contributed by atoms with van der Waals surface area (Å²) < 4.78 is 10.8. The van der Waals surface area contributed by atoms with E-state index in [1.807, 2.05) is 0 Å². The highest BCUT2D eigenvalue weighted by atomic mass is 35.5. The zero-order valence-electron chi connectivity index (χ0n) is 13.0. The average molecular weight is 344 g/mol. The molecule has 1 aromatic heterocycles. The fourth-order valence-corrected chi connectivity index (χ4v) is 2.73. The fraction of sp³-hybridized carbons (Fsp3) is 0.533. The van der Waals surface area contributed by atoms with E-state index in [4.69, 9.17) is 32.7 Å². The highest BCUT2D eigenvalue weighted by Crippen LogP contribution is 2.24. The summed E-state index contributed by atoms with van der Waals surface area (Å²) in [7, 11) is 3.20. The number of hydrogen-bond acceptors (Lipinski definition) is 5. The minimum Gasteiger partial charge on any atom is -0.483 e. The second-order valence-electron chi connectivity index (χ2n) is 5.35. The van der Waals surface area contributed by atoms with Gasteiger partial charge in [-0.05, 0) is 17.5 Å². The van der Waals surface area contributed by atoms with Crippen LogP contribution in [-0.4, -0.2) is 43.1 Å².